The van der Waals surface area contributed by atoms with Crippen LogP contribution in [-0.2, 0) is 6.54 Å². The van der Waals surface area contributed by atoms with Crippen LogP contribution in [0.5, 0.6) is 0 Å². The standard InChI is InChI=1S/C14H16N4O/c1-10-3-4-13(15-2)12(7-10)14(19)17-8-11-5-6-16-9-18-11/h3-7,9,15H,8H2,1-2H3,(H,17,19). The van der Waals surface area contributed by atoms with Gasteiger partial charge in [-0.2, -0.15) is 0 Å². The molecular formula is C14H16N4O. The summed E-state index contributed by atoms with van der Waals surface area (Å²) in [5, 5.41) is 5.86. The molecule has 0 unspecified atom stereocenters. The van der Waals surface area contributed by atoms with E-state index in [2.05, 4.69) is 20.6 Å². The first-order chi connectivity index (χ1) is 9.20. The summed E-state index contributed by atoms with van der Waals surface area (Å²) in [4.78, 5) is 20.1. The highest BCUT2D eigenvalue weighted by Crippen LogP contribution is 2.16. The zero-order valence-corrected chi connectivity index (χ0v) is 11.0. The molecule has 0 fully saturated rings. The van der Waals surface area contributed by atoms with Crippen molar-refractivity contribution >= 4 is 11.6 Å². The van der Waals surface area contributed by atoms with E-state index < -0.39 is 0 Å². The summed E-state index contributed by atoms with van der Waals surface area (Å²) in [6, 6.07) is 7.50. The Hall–Kier alpha value is -2.43. The Labute approximate surface area is 112 Å². The predicted octanol–water partition coefficient (Wildman–Crippen LogP) is 1.76. The number of amides is 1. The van der Waals surface area contributed by atoms with Crippen molar-refractivity contribution in [1.29, 1.82) is 0 Å². The third-order valence-corrected chi connectivity index (χ3v) is 2.76. The Morgan fingerprint density at radius 3 is 2.84 bits per heavy atom. The summed E-state index contributed by atoms with van der Waals surface area (Å²) >= 11 is 0. The zero-order valence-electron chi connectivity index (χ0n) is 11.0. The smallest absolute Gasteiger partial charge is 0.253 e. The molecule has 19 heavy (non-hydrogen) atoms. The summed E-state index contributed by atoms with van der Waals surface area (Å²) in [7, 11) is 1.80. The molecule has 0 bridgehead atoms. The van der Waals surface area contributed by atoms with E-state index in [4.69, 9.17) is 0 Å². The van der Waals surface area contributed by atoms with Gasteiger partial charge in [-0.3, -0.25) is 4.79 Å². The van der Waals surface area contributed by atoms with Gasteiger partial charge in [0.1, 0.15) is 6.33 Å². The summed E-state index contributed by atoms with van der Waals surface area (Å²) in [5.74, 6) is -0.119. The van der Waals surface area contributed by atoms with Crippen LogP contribution in [0.25, 0.3) is 0 Å². The number of carbonyl (C=O) groups is 1. The first kappa shape index (κ1) is 13.0. The zero-order chi connectivity index (χ0) is 13.7. The average molecular weight is 256 g/mol. The Balaban J connectivity index is 2.10. The molecule has 1 heterocycles. The van der Waals surface area contributed by atoms with Gasteiger partial charge in [0.15, 0.2) is 0 Å². The van der Waals surface area contributed by atoms with Gasteiger partial charge >= 0.3 is 0 Å². The van der Waals surface area contributed by atoms with Crippen molar-refractivity contribution < 1.29 is 4.79 Å². The largest absolute Gasteiger partial charge is 0.387 e. The highest BCUT2D eigenvalue weighted by molar-refractivity contribution is 5.99. The minimum absolute atomic E-state index is 0.119. The minimum atomic E-state index is -0.119. The lowest BCUT2D eigenvalue weighted by atomic mass is 10.1. The SMILES string of the molecule is CNc1ccc(C)cc1C(=O)NCc1ccncn1. The Bertz CT molecular complexity index is 569. The van der Waals surface area contributed by atoms with Crippen LogP contribution >= 0.6 is 0 Å². The molecule has 0 radical (unpaired) electrons. The predicted molar refractivity (Wildman–Crippen MR) is 73.9 cm³/mol. The van der Waals surface area contributed by atoms with E-state index in [1.54, 1.807) is 19.3 Å². The van der Waals surface area contributed by atoms with Crippen molar-refractivity contribution in [1.82, 2.24) is 15.3 Å². The molecule has 0 atom stereocenters. The number of nitrogens with zero attached hydrogens (tertiary/aromatic N) is 2. The maximum atomic E-state index is 12.2. The lowest BCUT2D eigenvalue weighted by Gasteiger charge is -2.10. The van der Waals surface area contributed by atoms with Gasteiger partial charge in [0, 0.05) is 18.9 Å². The van der Waals surface area contributed by atoms with Gasteiger partial charge in [-0.05, 0) is 25.1 Å². The van der Waals surface area contributed by atoms with Crippen LogP contribution < -0.4 is 10.6 Å². The number of rotatable bonds is 4. The number of hydrogen-bond donors (Lipinski definition) is 2. The quantitative estimate of drug-likeness (QED) is 0.874. The fourth-order valence-electron chi connectivity index (χ4n) is 1.75. The molecule has 5 nitrogen and oxygen atoms in total. The summed E-state index contributed by atoms with van der Waals surface area (Å²) in [5.41, 5.74) is 3.27. The monoisotopic (exact) mass is 256 g/mol. The van der Waals surface area contributed by atoms with E-state index in [1.807, 2.05) is 25.1 Å². The van der Waals surface area contributed by atoms with Gasteiger partial charge in [0.2, 0.25) is 0 Å². The van der Waals surface area contributed by atoms with Crippen LogP contribution in [0.4, 0.5) is 5.69 Å². The van der Waals surface area contributed by atoms with Gasteiger partial charge in [-0.1, -0.05) is 11.6 Å². The molecule has 1 aromatic carbocycles. The normalized spacial score (nSPS) is 10.0. The topological polar surface area (TPSA) is 66.9 Å². The Morgan fingerprint density at radius 2 is 2.16 bits per heavy atom. The van der Waals surface area contributed by atoms with Gasteiger partial charge in [0.05, 0.1) is 17.8 Å². The lowest BCUT2D eigenvalue weighted by molar-refractivity contribution is 0.0951. The molecule has 0 saturated carbocycles. The molecule has 0 aliphatic carbocycles. The molecular weight excluding hydrogens is 240 g/mol. The second kappa shape index (κ2) is 5.95. The van der Waals surface area contributed by atoms with E-state index in [0.717, 1.165) is 16.9 Å². The number of hydrogen-bond acceptors (Lipinski definition) is 4. The second-order valence-electron chi connectivity index (χ2n) is 4.18. The number of nitrogens with one attached hydrogen (secondary N) is 2. The third kappa shape index (κ3) is 3.28. The maximum Gasteiger partial charge on any atom is 0.253 e. The highest BCUT2D eigenvalue weighted by atomic mass is 16.1. The Kier molecular flexibility index (Phi) is 4.07. The van der Waals surface area contributed by atoms with E-state index in [1.165, 1.54) is 6.33 Å². The second-order valence-corrected chi connectivity index (χ2v) is 4.18. The van der Waals surface area contributed by atoms with Crippen LogP contribution in [0.2, 0.25) is 0 Å². The van der Waals surface area contributed by atoms with Gasteiger partial charge < -0.3 is 10.6 Å². The number of aryl methyl sites for hydroxylation is 1. The van der Waals surface area contributed by atoms with Gasteiger partial charge in [-0.15, -0.1) is 0 Å². The van der Waals surface area contributed by atoms with E-state index in [0.29, 0.717) is 12.1 Å². The van der Waals surface area contributed by atoms with Gasteiger partial charge in [-0.25, -0.2) is 9.97 Å². The minimum Gasteiger partial charge on any atom is -0.387 e. The molecule has 2 rings (SSSR count). The summed E-state index contributed by atoms with van der Waals surface area (Å²) in [6.07, 6.45) is 3.12. The van der Waals surface area contributed by atoms with E-state index >= 15 is 0 Å². The molecule has 0 aliphatic heterocycles. The van der Waals surface area contributed by atoms with Crippen molar-refractivity contribution in [2.45, 2.75) is 13.5 Å². The van der Waals surface area contributed by atoms with Gasteiger partial charge in [0.25, 0.3) is 5.91 Å². The number of aromatic nitrogens is 2. The van der Waals surface area contributed by atoms with Crippen LogP contribution in [-0.4, -0.2) is 22.9 Å². The van der Waals surface area contributed by atoms with Crippen molar-refractivity contribution in [3.8, 4) is 0 Å². The van der Waals surface area contributed by atoms with Crippen molar-refractivity contribution in [3.05, 3.63) is 53.6 Å². The summed E-state index contributed by atoms with van der Waals surface area (Å²) < 4.78 is 0. The maximum absolute atomic E-state index is 12.2. The van der Waals surface area contributed by atoms with E-state index in [-0.39, 0.29) is 5.91 Å². The van der Waals surface area contributed by atoms with Crippen LogP contribution in [0, 0.1) is 6.92 Å². The molecule has 0 saturated heterocycles. The Morgan fingerprint density at radius 1 is 1.32 bits per heavy atom. The fraction of sp³-hybridized carbons (Fsp3) is 0.214. The first-order valence-electron chi connectivity index (χ1n) is 6.02. The summed E-state index contributed by atoms with van der Waals surface area (Å²) in [6.45, 7) is 2.35. The molecule has 98 valence electrons. The average Bonchev–Trinajstić information content (AvgIpc) is 2.46. The fourth-order valence-corrected chi connectivity index (χ4v) is 1.75. The number of carbonyl (C=O) groups excluding carboxylic acids is 1. The number of benzene rings is 1. The molecule has 2 N–H and O–H groups in total. The van der Waals surface area contributed by atoms with Crippen LogP contribution in [0.15, 0.2) is 36.8 Å². The van der Waals surface area contributed by atoms with Crippen molar-refractivity contribution in [3.63, 3.8) is 0 Å². The van der Waals surface area contributed by atoms with Crippen molar-refractivity contribution in [2.75, 3.05) is 12.4 Å². The van der Waals surface area contributed by atoms with Crippen LogP contribution in [0.3, 0.4) is 0 Å². The third-order valence-electron chi connectivity index (χ3n) is 2.76. The highest BCUT2D eigenvalue weighted by Gasteiger charge is 2.10. The lowest BCUT2D eigenvalue weighted by Crippen LogP contribution is -2.24. The molecule has 0 aliphatic rings. The molecule has 1 aromatic heterocycles. The molecule has 1 amide bonds. The van der Waals surface area contributed by atoms with Crippen LogP contribution in [0.1, 0.15) is 21.6 Å². The molecule has 2 aromatic rings. The molecule has 0 spiro atoms. The first-order valence-corrected chi connectivity index (χ1v) is 6.02. The van der Waals surface area contributed by atoms with Crippen molar-refractivity contribution in [2.24, 2.45) is 0 Å². The van der Waals surface area contributed by atoms with E-state index in [9.17, 15) is 4.79 Å². The molecule has 5 heteroatoms. The number of anilines is 1.